The van der Waals surface area contributed by atoms with Gasteiger partial charge in [-0.15, -0.1) is 0 Å². The summed E-state index contributed by atoms with van der Waals surface area (Å²) in [5.41, 5.74) is 2.82. The predicted octanol–water partition coefficient (Wildman–Crippen LogP) is 2.09. The number of nitrogens with zero attached hydrogens (tertiary/aromatic N) is 3. The third kappa shape index (κ3) is 4.31. The number of nitrogens with one attached hydrogen (secondary N) is 2. The summed E-state index contributed by atoms with van der Waals surface area (Å²) < 4.78 is 1.76. The minimum atomic E-state index is -0.0911. The Morgan fingerprint density at radius 1 is 1.30 bits per heavy atom. The van der Waals surface area contributed by atoms with Crippen LogP contribution in [0.25, 0.3) is 0 Å². The van der Waals surface area contributed by atoms with Crippen molar-refractivity contribution < 1.29 is 4.79 Å². The minimum Gasteiger partial charge on any atom is -0.338 e. The van der Waals surface area contributed by atoms with Crippen LogP contribution >= 0.6 is 0 Å². The van der Waals surface area contributed by atoms with Crippen molar-refractivity contribution in [2.24, 2.45) is 0 Å². The molecule has 1 aromatic carbocycles. The van der Waals surface area contributed by atoms with E-state index in [1.807, 2.05) is 0 Å². The van der Waals surface area contributed by atoms with Crippen molar-refractivity contribution in [2.75, 3.05) is 13.1 Å². The lowest BCUT2D eigenvalue weighted by Gasteiger charge is -2.25. The Labute approximate surface area is 136 Å². The van der Waals surface area contributed by atoms with Crippen molar-refractivity contribution in [2.45, 2.75) is 38.1 Å². The molecule has 0 saturated carbocycles. The number of hydrogen-bond donors (Lipinski definition) is 2. The van der Waals surface area contributed by atoms with Gasteiger partial charge in [-0.2, -0.15) is 5.10 Å². The van der Waals surface area contributed by atoms with Gasteiger partial charge < -0.3 is 10.6 Å². The lowest BCUT2D eigenvalue weighted by molar-refractivity contribution is 0.239. The van der Waals surface area contributed by atoms with Crippen LogP contribution in [0.15, 0.2) is 36.9 Å². The summed E-state index contributed by atoms with van der Waals surface area (Å²) in [5.74, 6) is 0.431. The van der Waals surface area contributed by atoms with Crippen LogP contribution in [0.2, 0.25) is 0 Å². The fraction of sp³-hybridized carbons (Fsp3) is 0.471. The molecule has 1 aromatic heterocycles. The maximum atomic E-state index is 11.9. The minimum absolute atomic E-state index is 0.0911. The normalized spacial score (nSPS) is 16.6. The summed E-state index contributed by atoms with van der Waals surface area (Å²) in [4.78, 5) is 15.8. The maximum Gasteiger partial charge on any atom is 0.314 e. The van der Waals surface area contributed by atoms with E-state index in [2.05, 4.69) is 45.0 Å². The molecule has 0 radical (unpaired) electrons. The van der Waals surface area contributed by atoms with Gasteiger partial charge in [0, 0.05) is 25.6 Å². The second kappa shape index (κ2) is 7.76. The average molecular weight is 313 g/mol. The number of carbonyl (C=O) groups excluding carboxylic acids is 1. The number of urea groups is 1. The van der Waals surface area contributed by atoms with E-state index in [1.165, 1.54) is 23.9 Å². The van der Waals surface area contributed by atoms with E-state index in [1.54, 1.807) is 11.0 Å². The fourth-order valence-corrected chi connectivity index (χ4v) is 3.14. The van der Waals surface area contributed by atoms with E-state index in [0.29, 0.717) is 19.0 Å². The molecule has 0 unspecified atom stereocenters. The molecular weight excluding hydrogens is 290 g/mol. The standard InChI is InChI=1S/C17H23N5O/c23-17(19-9-4-10-22-13-18-12-21-22)20-11-15-7-3-6-14-5-1-2-8-16(14)15/h1-2,5,8,12-13,15H,3-4,6-7,9-11H2,(H2,19,20,23)/t15-/m0/s1. The second-order valence-corrected chi connectivity index (χ2v) is 5.94. The largest absolute Gasteiger partial charge is 0.338 e. The molecule has 0 fully saturated rings. The first kappa shape index (κ1) is 15.5. The zero-order valence-corrected chi connectivity index (χ0v) is 13.2. The zero-order valence-electron chi connectivity index (χ0n) is 13.2. The third-order valence-corrected chi connectivity index (χ3v) is 4.32. The molecule has 122 valence electrons. The van der Waals surface area contributed by atoms with E-state index < -0.39 is 0 Å². The van der Waals surface area contributed by atoms with Crippen LogP contribution in [0.4, 0.5) is 4.79 Å². The summed E-state index contributed by atoms with van der Waals surface area (Å²) >= 11 is 0. The van der Waals surface area contributed by atoms with Gasteiger partial charge in [-0.3, -0.25) is 4.68 Å². The van der Waals surface area contributed by atoms with E-state index in [4.69, 9.17) is 0 Å². The molecule has 0 bridgehead atoms. The highest BCUT2D eigenvalue weighted by Crippen LogP contribution is 2.30. The zero-order chi connectivity index (χ0) is 15.9. The molecule has 6 nitrogen and oxygen atoms in total. The van der Waals surface area contributed by atoms with Crippen molar-refractivity contribution in [3.63, 3.8) is 0 Å². The van der Waals surface area contributed by atoms with E-state index in [-0.39, 0.29) is 6.03 Å². The van der Waals surface area contributed by atoms with Crippen LogP contribution in [0.5, 0.6) is 0 Å². The molecule has 2 aromatic rings. The van der Waals surface area contributed by atoms with Crippen LogP contribution in [-0.2, 0) is 13.0 Å². The number of aromatic nitrogens is 3. The first-order valence-corrected chi connectivity index (χ1v) is 8.25. The highest BCUT2D eigenvalue weighted by Gasteiger charge is 2.19. The Balaban J connectivity index is 1.38. The summed E-state index contributed by atoms with van der Waals surface area (Å²) in [6.45, 7) is 2.09. The van der Waals surface area contributed by atoms with E-state index in [0.717, 1.165) is 25.8 Å². The molecular formula is C17H23N5O. The molecule has 3 rings (SSSR count). The summed E-state index contributed by atoms with van der Waals surface area (Å²) in [6.07, 6.45) is 7.53. The predicted molar refractivity (Wildman–Crippen MR) is 88.2 cm³/mol. The number of aryl methyl sites for hydroxylation is 2. The first-order chi connectivity index (χ1) is 11.3. The Bertz CT molecular complexity index is 626. The maximum absolute atomic E-state index is 11.9. The summed E-state index contributed by atoms with van der Waals surface area (Å²) in [7, 11) is 0. The number of rotatable bonds is 6. The van der Waals surface area contributed by atoms with Gasteiger partial charge in [0.05, 0.1) is 0 Å². The van der Waals surface area contributed by atoms with Crippen molar-refractivity contribution in [3.05, 3.63) is 48.0 Å². The van der Waals surface area contributed by atoms with Gasteiger partial charge in [-0.05, 0) is 36.8 Å². The quantitative estimate of drug-likeness (QED) is 0.802. The molecule has 1 aliphatic rings. The van der Waals surface area contributed by atoms with Crippen molar-refractivity contribution in [1.82, 2.24) is 25.4 Å². The molecule has 6 heteroatoms. The van der Waals surface area contributed by atoms with Gasteiger partial charge >= 0.3 is 6.03 Å². The molecule has 2 N–H and O–H groups in total. The molecule has 1 aliphatic carbocycles. The number of hydrogen-bond acceptors (Lipinski definition) is 3. The van der Waals surface area contributed by atoms with Gasteiger partial charge in [0.25, 0.3) is 0 Å². The molecule has 0 spiro atoms. The van der Waals surface area contributed by atoms with Crippen LogP contribution in [0, 0.1) is 0 Å². The Morgan fingerprint density at radius 3 is 3.09 bits per heavy atom. The summed E-state index contributed by atoms with van der Waals surface area (Å²) in [5, 5.41) is 9.93. The molecule has 0 aliphatic heterocycles. The van der Waals surface area contributed by atoms with Gasteiger partial charge in [-0.25, -0.2) is 9.78 Å². The highest BCUT2D eigenvalue weighted by molar-refractivity contribution is 5.73. The van der Waals surface area contributed by atoms with E-state index >= 15 is 0 Å². The Kier molecular flexibility index (Phi) is 5.24. The van der Waals surface area contributed by atoms with Crippen LogP contribution < -0.4 is 10.6 Å². The number of fused-ring (bicyclic) bond motifs is 1. The third-order valence-electron chi connectivity index (χ3n) is 4.32. The lowest BCUT2D eigenvalue weighted by Crippen LogP contribution is -2.39. The molecule has 0 saturated heterocycles. The number of carbonyl (C=O) groups is 1. The smallest absolute Gasteiger partial charge is 0.314 e. The molecule has 1 atom stereocenters. The molecule has 1 heterocycles. The molecule has 2 amide bonds. The highest BCUT2D eigenvalue weighted by atomic mass is 16.2. The van der Waals surface area contributed by atoms with E-state index in [9.17, 15) is 4.79 Å². The topological polar surface area (TPSA) is 71.8 Å². The van der Waals surface area contributed by atoms with Crippen molar-refractivity contribution in [1.29, 1.82) is 0 Å². The number of benzene rings is 1. The summed E-state index contributed by atoms with van der Waals surface area (Å²) in [6, 6.07) is 8.48. The monoisotopic (exact) mass is 313 g/mol. The van der Waals surface area contributed by atoms with Crippen LogP contribution in [0.1, 0.15) is 36.3 Å². The van der Waals surface area contributed by atoms with Gasteiger partial charge in [-0.1, -0.05) is 24.3 Å². The second-order valence-electron chi connectivity index (χ2n) is 5.94. The Morgan fingerprint density at radius 2 is 2.22 bits per heavy atom. The fourth-order valence-electron chi connectivity index (χ4n) is 3.14. The van der Waals surface area contributed by atoms with Crippen LogP contribution in [0.3, 0.4) is 0 Å². The van der Waals surface area contributed by atoms with Gasteiger partial charge in [0.2, 0.25) is 0 Å². The van der Waals surface area contributed by atoms with Gasteiger partial charge in [0.15, 0.2) is 0 Å². The average Bonchev–Trinajstić information content (AvgIpc) is 3.10. The lowest BCUT2D eigenvalue weighted by atomic mass is 9.83. The van der Waals surface area contributed by atoms with Gasteiger partial charge in [0.1, 0.15) is 12.7 Å². The van der Waals surface area contributed by atoms with Crippen LogP contribution in [-0.4, -0.2) is 33.9 Å². The van der Waals surface area contributed by atoms with Crippen molar-refractivity contribution >= 4 is 6.03 Å². The molecule has 23 heavy (non-hydrogen) atoms. The SMILES string of the molecule is O=C(NCCCn1cncn1)NC[C@@H]1CCCc2ccccc21. The number of amides is 2. The first-order valence-electron chi connectivity index (χ1n) is 8.25. The van der Waals surface area contributed by atoms with Crippen molar-refractivity contribution in [3.8, 4) is 0 Å². The Hall–Kier alpha value is -2.37.